The van der Waals surface area contributed by atoms with Gasteiger partial charge in [0.1, 0.15) is 16.9 Å². The summed E-state index contributed by atoms with van der Waals surface area (Å²) in [4.78, 5) is 12.4. The molecule has 2 atom stereocenters. The van der Waals surface area contributed by atoms with E-state index in [0.29, 0.717) is 13.1 Å². The molecule has 0 radical (unpaired) electrons. The Kier molecular flexibility index (Phi) is 5.88. The first-order chi connectivity index (χ1) is 12.5. The normalized spacial score (nSPS) is 21.1. The van der Waals surface area contributed by atoms with Gasteiger partial charge < -0.3 is 15.0 Å². The molecule has 0 aliphatic carbocycles. The Bertz CT molecular complexity index is 755. The van der Waals surface area contributed by atoms with Crippen LogP contribution in [-0.4, -0.2) is 42.1 Å². The second-order valence-corrected chi connectivity index (χ2v) is 7.83. The molecule has 5 nitrogen and oxygen atoms in total. The van der Waals surface area contributed by atoms with E-state index in [9.17, 15) is 4.39 Å². The third kappa shape index (κ3) is 4.40. The van der Waals surface area contributed by atoms with Gasteiger partial charge in [0.15, 0.2) is 5.96 Å². The summed E-state index contributed by atoms with van der Waals surface area (Å²) in [6.07, 6.45) is -0.0519. The van der Waals surface area contributed by atoms with E-state index in [0.717, 1.165) is 28.8 Å². The third-order valence-electron chi connectivity index (χ3n) is 4.48. The van der Waals surface area contributed by atoms with Crippen molar-refractivity contribution in [3.05, 3.63) is 51.2 Å². The summed E-state index contributed by atoms with van der Waals surface area (Å²) in [6, 6.07) is 6.52. The van der Waals surface area contributed by atoms with Gasteiger partial charge in [-0.05, 0) is 38.5 Å². The SMILES string of the molecule is CN=C(NCc1nc(C)c(C)s1)N1CC(C)OC(c2ccc(F)cc2)C1. The largest absolute Gasteiger partial charge is 0.367 e. The lowest BCUT2D eigenvalue weighted by molar-refractivity contribution is -0.0605. The van der Waals surface area contributed by atoms with Crippen molar-refractivity contribution in [1.29, 1.82) is 0 Å². The van der Waals surface area contributed by atoms with Crippen LogP contribution in [0, 0.1) is 19.7 Å². The minimum absolute atomic E-state index is 0.0571. The molecule has 1 N–H and O–H groups in total. The molecule has 140 valence electrons. The van der Waals surface area contributed by atoms with Crippen molar-refractivity contribution in [2.24, 2.45) is 4.99 Å². The Hall–Kier alpha value is -1.99. The van der Waals surface area contributed by atoms with Crippen LogP contribution in [0.1, 0.15) is 34.2 Å². The molecule has 2 heterocycles. The van der Waals surface area contributed by atoms with E-state index in [4.69, 9.17) is 4.74 Å². The Morgan fingerprint density at radius 2 is 2.08 bits per heavy atom. The fourth-order valence-corrected chi connectivity index (χ4v) is 3.96. The number of hydrogen-bond acceptors (Lipinski definition) is 4. The van der Waals surface area contributed by atoms with Gasteiger partial charge in [0.25, 0.3) is 0 Å². The van der Waals surface area contributed by atoms with Crippen LogP contribution in [0.15, 0.2) is 29.3 Å². The van der Waals surface area contributed by atoms with Crippen molar-refractivity contribution in [2.75, 3.05) is 20.1 Å². The number of ether oxygens (including phenoxy) is 1. The molecule has 7 heteroatoms. The van der Waals surface area contributed by atoms with Gasteiger partial charge in [-0.1, -0.05) is 12.1 Å². The molecule has 1 saturated heterocycles. The molecule has 1 aliphatic heterocycles. The summed E-state index contributed by atoms with van der Waals surface area (Å²) in [5.41, 5.74) is 2.06. The summed E-state index contributed by atoms with van der Waals surface area (Å²) in [5, 5.41) is 4.46. The highest BCUT2D eigenvalue weighted by molar-refractivity contribution is 7.11. The highest BCUT2D eigenvalue weighted by atomic mass is 32.1. The predicted octanol–water partition coefficient (Wildman–Crippen LogP) is 3.44. The highest BCUT2D eigenvalue weighted by Gasteiger charge is 2.28. The van der Waals surface area contributed by atoms with Crippen molar-refractivity contribution in [3.8, 4) is 0 Å². The molecule has 1 aromatic carbocycles. The number of halogens is 1. The van der Waals surface area contributed by atoms with Crippen molar-refractivity contribution in [2.45, 2.75) is 39.5 Å². The first kappa shape index (κ1) is 18.8. The van der Waals surface area contributed by atoms with Crippen molar-refractivity contribution in [3.63, 3.8) is 0 Å². The van der Waals surface area contributed by atoms with E-state index >= 15 is 0 Å². The van der Waals surface area contributed by atoms with Gasteiger partial charge >= 0.3 is 0 Å². The second kappa shape index (κ2) is 8.14. The number of hydrogen-bond donors (Lipinski definition) is 1. The predicted molar refractivity (Wildman–Crippen MR) is 103 cm³/mol. The molecule has 26 heavy (non-hydrogen) atoms. The van der Waals surface area contributed by atoms with E-state index < -0.39 is 0 Å². The average molecular weight is 377 g/mol. The number of guanidine groups is 1. The van der Waals surface area contributed by atoms with Gasteiger partial charge in [-0.25, -0.2) is 9.37 Å². The minimum Gasteiger partial charge on any atom is -0.367 e. The summed E-state index contributed by atoms with van der Waals surface area (Å²) in [5.74, 6) is 0.596. The Morgan fingerprint density at radius 3 is 2.69 bits per heavy atom. The van der Waals surface area contributed by atoms with Crippen LogP contribution >= 0.6 is 11.3 Å². The number of aryl methyl sites for hydroxylation is 2. The number of morpholine rings is 1. The molecule has 0 bridgehead atoms. The molecular weight excluding hydrogens is 351 g/mol. The number of nitrogens with zero attached hydrogens (tertiary/aromatic N) is 3. The Balaban J connectivity index is 1.68. The monoisotopic (exact) mass is 376 g/mol. The lowest BCUT2D eigenvalue weighted by Crippen LogP contribution is -2.50. The molecule has 3 rings (SSSR count). The smallest absolute Gasteiger partial charge is 0.194 e. The van der Waals surface area contributed by atoms with Crippen molar-refractivity contribution >= 4 is 17.3 Å². The lowest BCUT2D eigenvalue weighted by atomic mass is 10.1. The van der Waals surface area contributed by atoms with Crippen LogP contribution in [0.4, 0.5) is 4.39 Å². The van der Waals surface area contributed by atoms with Gasteiger partial charge in [0.05, 0.1) is 24.9 Å². The van der Waals surface area contributed by atoms with Gasteiger partial charge in [0, 0.05) is 18.5 Å². The first-order valence-electron chi connectivity index (χ1n) is 8.75. The molecule has 2 unspecified atom stereocenters. The molecule has 1 aromatic heterocycles. The summed E-state index contributed by atoms with van der Waals surface area (Å²) in [7, 11) is 1.79. The zero-order valence-corrected chi connectivity index (χ0v) is 16.4. The maximum Gasteiger partial charge on any atom is 0.194 e. The zero-order chi connectivity index (χ0) is 18.7. The number of thiazole rings is 1. The van der Waals surface area contributed by atoms with Gasteiger partial charge in [-0.2, -0.15) is 0 Å². The van der Waals surface area contributed by atoms with E-state index in [-0.39, 0.29) is 18.0 Å². The van der Waals surface area contributed by atoms with E-state index in [1.54, 1.807) is 30.5 Å². The van der Waals surface area contributed by atoms with Gasteiger partial charge in [-0.15, -0.1) is 11.3 Å². The Labute approximate surface area is 157 Å². The van der Waals surface area contributed by atoms with Gasteiger partial charge in [0.2, 0.25) is 0 Å². The quantitative estimate of drug-likeness (QED) is 0.659. The average Bonchev–Trinajstić information content (AvgIpc) is 2.93. The molecule has 2 aromatic rings. The van der Waals surface area contributed by atoms with E-state index in [2.05, 4.69) is 27.1 Å². The fraction of sp³-hybridized carbons (Fsp3) is 0.474. The number of nitrogens with one attached hydrogen (secondary N) is 1. The lowest BCUT2D eigenvalue weighted by Gasteiger charge is -2.38. The maximum absolute atomic E-state index is 13.2. The van der Waals surface area contributed by atoms with Gasteiger partial charge in [-0.3, -0.25) is 4.99 Å². The first-order valence-corrected chi connectivity index (χ1v) is 9.57. The molecule has 1 aliphatic rings. The summed E-state index contributed by atoms with van der Waals surface area (Å²) < 4.78 is 19.3. The minimum atomic E-state index is -0.235. The van der Waals surface area contributed by atoms with Crippen LogP contribution < -0.4 is 5.32 Å². The second-order valence-electron chi connectivity index (χ2n) is 6.54. The molecule has 0 saturated carbocycles. The number of aromatic nitrogens is 1. The fourth-order valence-electron chi connectivity index (χ4n) is 3.09. The molecule has 1 fully saturated rings. The standard InChI is InChI=1S/C19H25FN4OS/c1-12-10-24(11-17(25-12)15-5-7-16(20)8-6-15)19(21-4)22-9-18-23-13(2)14(3)26-18/h5-8,12,17H,9-11H2,1-4H3,(H,21,22). The van der Waals surface area contributed by atoms with E-state index in [1.807, 2.05) is 13.8 Å². The molecule has 0 spiro atoms. The zero-order valence-electron chi connectivity index (χ0n) is 15.6. The summed E-state index contributed by atoms with van der Waals surface area (Å²) >= 11 is 1.71. The maximum atomic E-state index is 13.2. The summed E-state index contributed by atoms with van der Waals surface area (Å²) in [6.45, 7) is 8.24. The van der Waals surface area contributed by atoms with Crippen LogP contribution in [-0.2, 0) is 11.3 Å². The topological polar surface area (TPSA) is 49.8 Å². The van der Waals surface area contributed by atoms with Crippen molar-refractivity contribution in [1.82, 2.24) is 15.2 Å². The molecular formula is C19H25FN4OS. The third-order valence-corrected chi connectivity index (χ3v) is 5.56. The number of aliphatic imine (C=N–C) groups is 1. The van der Waals surface area contributed by atoms with E-state index in [1.165, 1.54) is 17.0 Å². The highest BCUT2D eigenvalue weighted by Crippen LogP contribution is 2.25. The van der Waals surface area contributed by atoms with Crippen LogP contribution in [0.25, 0.3) is 0 Å². The number of benzene rings is 1. The van der Waals surface area contributed by atoms with Crippen molar-refractivity contribution < 1.29 is 9.13 Å². The van der Waals surface area contributed by atoms with Crippen LogP contribution in [0.5, 0.6) is 0 Å². The molecule has 0 amide bonds. The van der Waals surface area contributed by atoms with Crippen LogP contribution in [0.2, 0.25) is 0 Å². The Morgan fingerprint density at radius 1 is 1.35 bits per heavy atom. The van der Waals surface area contributed by atoms with Crippen LogP contribution in [0.3, 0.4) is 0 Å². The number of rotatable bonds is 3.